The van der Waals surface area contributed by atoms with E-state index < -0.39 is 0 Å². The number of hydrogen-bond acceptors (Lipinski definition) is 9. The molecule has 4 aromatic rings. The molecule has 1 unspecified atom stereocenters. The van der Waals surface area contributed by atoms with Gasteiger partial charge in [-0.3, -0.25) is 4.79 Å². The lowest BCUT2D eigenvalue weighted by molar-refractivity contribution is -0.127. The number of nitrogens with zero attached hydrogens (tertiary/aromatic N) is 5. The second kappa shape index (κ2) is 9.62. The maximum Gasteiger partial charge on any atom is 0.241 e. The molecule has 0 spiro atoms. The first-order chi connectivity index (χ1) is 17.3. The van der Waals surface area contributed by atoms with Gasteiger partial charge in [0.2, 0.25) is 11.9 Å². The van der Waals surface area contributed by atoms with Crippen LogP contribution in [-0.4, -0.2) is 67.2 Å². The summed E-state index contributed by atoms with van der Waals surface area (Å²) in [6.07, 6.45) is 2.45. The average Bonchev–Trinajstić information content (AvgIpc) is 3.31. The van der Waals surface area contributed by atoms with E-state index in [-0.39, 0.29) is 24.3 Å². The molecular formula is C26H28N6O3S. The number of ether oxygens (including phenoxy) is 2. The molecule has 0 bridgehead atoms. The van der Waals surface area contributed by atoms with E-state index in [9.17, 15) is 4.79 Å². The van der Waals surface area contributed by atoms with Crippen molar-refractivity contribution >= 4 is 39.1 Å². The monoisotopic (exact) mass is 504 g/mol. The van der Waals surface area contributed by atoms with Gasteiger partial charge in [-0.1, -0.05) is 0 Å². The van der Waals surface area contributed by atoms with Crippen molar-refractivity contribution in [1.29, 1.82) is 0 Å². The topological polar surface area (TPSA) is 107 Å². The van der Waals surface area contributed by atoms with Crippen LogP contribution in [0.3, 0.4) is 0 Å². The van der Waals surface area contributed by atoms with Crippen LogP contribution < -0.4 is 20.1 Å². The molecule has 2 N–H and O–H groups in total. The fraction of sp³-hybridized carbons (Fsp3) is 0.308. The van der Waals surface area contributed by atoms with Gasteiger partial charge in [-0.15, -0.1) is 11.3 Å². The smallest absolute Gasteiger partial charge is 0.241 e. The van der Waals surface area contributed by atoms with Crippen LogP contribution in [0.5, 0.6) is 11.5 Å². The standard InChI is InChI=1S/C26H28N6O3S/c1-31(2)23(33)13-32(3)20-11-15(19-7-8-28-26(27)29-19)12-22-24(20)30-25(36-22)17-9-16-10-18(34-4)5-6-21(16)35-14-17/h5-8,10-12,17H,9,13-14H2,1-4H3,(H2,27,28,29). The Labute approximate surface area is 213 Å². The third-order valence-electron chi connectivity index (χ3n) is 6.27. The molecule has 186 valence electrons. The fourth-order valence-electron chi connectivity index (χ4n) is 4.26. The van der Waals surface area contributed by atoms with Crippen LogP contribution in [0.2, 0.25) is 0 Å². The first-order valence-electron chi connectivity index (χ1n) is 11.6. The Morgan fingerprint density at radius 3 is 2.78 bits per heavy atom. The number of rotatable bonds is 6. The minimum Gasteiger partial charge on any atom is -0.497 e. The zero-order valence-electron chi connectivity index (χ0n) is 20.7. The van der Waals surface area contributed by atoms with Gasteiger partial charge >= 0.3 is 0 Å². The molecule has 9 nitrogen and oxygen atoms in total. The van der Waals surface area contributed by atoms with Gasteiger partial charge in [-0.25, -0.2) is 15.0 Å². The second-order valence-corrected chi connectivity index (χ2v) is 10.1. The first-order valence-corrected chi connectivity index (χ1v) is 12.4. The van der Waals surface area contributed by atoms with Crippen LogP contribution in [0.15, 0.2) is 42.6 Å². The minimum absolute atomic E-state index is 0.00372. The van der Waals surface area contributed by atoms with Crippen molar-refractivity contribution in [3.8, 4) is 22.8 Å². The van der Waals surface area contributed by atoms with Crippen molar-refractivity contribution in [2.24, 2.45) is 0 Å². The Hall–Kier alpha value is -3.92. The van der Waals surface area contributed by atoms with Crippen LogP contribution >= 0.6 is 11.3 Å². The van der Waals surface area contributed by atoms with Crippen LogP contribution in [-0.2, 0) is 11.2 Å². The number of thiazole rings is 1. The van der Waals surface area contributed by atoms with Crippen molar-refractivity contribution in [2.75, 3.05) is 52.0 Å². The highest BCUT2D eigenvalue weighted by atomic mass is 32.1. The SMILES string of the molecule is COc1ccc2c(c1)CC(c1nc3c(N(C)CC(=O)N(C)C)cc(-c4ccnc(N)n4)cc3s1)CO2. The zero-order chi connectivity index (χ0) is 25.4. The fourth-order valence-corrected chi connectivity index (χ4v) is 5.38. The number of fused-ring (bicyclic) bond motifs is 2. The number of anilines is 2. The molecule has 36 heavy (non-hydrogen) atoms. The van der Waals surface area contributed by atoms with Gasteiger partial charge in [0.25, 0.3) is 0 Å². The van der Waals surface area contributed by atoms with Crippen LogP contribution in [0.4, 0.5) is 11.6 Å². The van der Waals surface area contributed by atoms with E-state index in [1.54, 1.807) is 43.6 Å². The first kappa shape index (κ1) is 23.8. The summed E-state index contributed by atoms with van der Waals surface area (Å²) in [6.45, 7) is 0.781. The van der Waals surface area contributed by atoms with Gasteiger partial charge < -0.3 is 25.0 Å². The molecule has 10 heteroatoms. The van der Waals surface area contributed by atoms with Crippen molar-refractivity contribution in [3.63, 3.8) is 0 Å². The summed E-state index contributed by atoms with van der Waals surface area (Å²) in [5, 5.41) is 0.992. The molecule has 0 radical (unpaired) electrons. The minimum atomic E-state index is 0.00372. The van der Waals surface area contributed by atoms with Gasteiger partial charge in [0.1, 0.15) is 22.0 Å². The molecule has 1 aliphatic rings. The number of likely N-dealkylation sites (N-methyl/N-ethyl adjacent to an activating group) is 2. The van der Waals surface area contributed by atoms with Crippen molar-refractivity contribution in [3.05, 3.63) is 53.2 Å². The number of methoxy groups -OCH3 is 1. The van der Waals surface area contributed by atoms with Crippen molar-refractivity contribution in [2.45, 2.75) is 12.3 Å². The largest absolute Gasteiger partial charge is 0.497 e. The molecule has 5 rings (SSSR count). The van der Waals surface area contributed by atoms with E-state index in [4.69, 9.17) is 20.2 Å². The second-order valence-electron chi connectivity index (χ2n) is 9.02. The lowest BCUT2D eigenvalue weighted by Gasteiger charge is -2.24. The van der Waals surface area contributed by atoms with E-state index in [1.165, 1.54) is 0 Å². The maximum atomic E-state index is 12.5. The van der Waals surface area contributed by atoms with Crippen LogP contribution in [0, 0.1) is 0 Å². The molecule has 0 saturated carbocycles. The third kappa shape index (κ3) is 4.64. The Balaban J connectivity index is 1.56. The third-order valence-corrected chi connectivity index (χ3v) is 7.43. The van der Waals surface area contributed by atoms with E-state index in [0.717, 1.165) is 55.7 Å². The van der Waals surface area contributed by atoms with Gasteiger partial charge in [-0.05, 0) is 48.4 Å². The van der Waals surface area contributed by atoms with Crippen LogP contribution in [0.25, 0.3) is 21.5 Å². The molecule has 0 saturated heterocycles. The van der Waals surface area contributed by atoms with E-state index in [2.05, 4.69) is 16.0 Å². The molecule has 1 amide bonds. The van der Waals surface area contributed by atoms with Gasteiger partial charge in [0.05, 0.1) is 36.3 Å². The molecule has 1 aliphatic heterocycles. The summed E-state index contributed by atoms with van der Waals surface area (Å²) in [6, 6.07) is 11.8. The predicted octanol–water partition coefficient (Wildman–Crippen LogP) is 3.59. The van der Waals surface area contributed by atoms with E-state index in [0.29, 0.717) is 6.61 Å². The summed E-state index contributed by atoms with van der Waals surface area (Å²) in [4.78, 5) is 29.5. The molecular weight excluding hydrogens is 476 g/mol. The summed E-state index contributed by atoms with van der Waals surface area (Å²) in [5.74, 6) is 2.03. The van der Waals surface area contributed by atoms with Gasteiger partial charge in [0, 0.05) is 38.8 Å². The normalized spacial score (nSPS) is 14.7. The van der Waals surface area contributed by atoms with Crippen molar-refractivity contribution < 1.29 is 14.3 Å². The average molecular weight is 505 g/mol. The summed E-state index contributed by atoms with van der Waals surface area (Å²) >= 11 is 1.64. The number of aromatic nitrogens is 3. The number of amides is 1. The lowest BCUT2D eigenvalue weighted by Crippen LogP contribution is -2.34. The number of carbonyl (C=O) groups excluding carboxylic acids is 1. The summed E-state index contributed by atoms with van der Waals surface area (Å²) in [7, 11) is 7.07. The highest BCUT2D eigenvalue weighted by Crippen LogP contribution is 2.40. The zero-order valence-corrected chi connectivity index (χ0v) is 21.5. The Kier molecular flexibility index (Phi) is 6.36. The van der Waals surface area contributed by atoms with E-state index in [1.807, 2.05) is 42.3 Å². The highest BCUT2D eigenvalue weighted by molar-refractivity contribution is 7.18. The quantitative estimate of drug-likeness (QED) is 0.425. The maximum absolute atomic E-state index is 12.5. The van der Waals surface area contributed by atoms with Crippen LogP contribution in [0.1, 0.15) is 16.5 Å². The molecule has 0 aliphatic carbocycles. The Morgan fingerprint density at radius 2 is 2.03 bits per heavy atom. The number of benzene rings is 2. The summed E-state index contributed by atoms with van der Waals surface area (Å²) in [5.41, 5.74) is 10.3. The predicted molar refractivity (Wildman–Crippen MR) is 142 cm³/mol. The molecule has 2 aromatic carbocycles. The molecule has 1 atom stereocenters. The number of hydrogen-bond donors (Lipinski definition) is 1. The molecule has 2 aromatic heterocycles. The molecule has 3 heterocycles. The summed E-state index contributed by atoms with van der Waals surface area (Å²) < 4.78 is 12.5. The van der Waals surface area contributed by atoms with Gasteiger partial charge in [0.15, 0.2) is 0 Å². The lowest BCUT2D eigenvalue weighted by atomic mass is 9.97. The number of nitrogens with two attached hydrogens (primary N) is 1. The highest BCUT2D eigenvalue weighted by Gasteiger charge is 2.26. The number of carbonyl (C=O) groups is 1. The number of nitrogen functional groups attached to an aromatic ring is 1. The molecule has 0 fully saturated rings. The Morgan fingerprint density at radius 1 is 1.19 bits per heavy atom. The van der Waals surface area contributed by atoms with Crippen molar-refractivity contribution in [1.82, 2.24) is 19.9 Å². The Bertz CT molecular complexity index is 1440. The van der Waals surface area contributed by atoms with E-state index >= 15 is 0 Å². The van der Waals surface area contributed by atoms with Gasteiger partial charge in [-0.2, -0.15) is 0 Å².